The van der Waals surface area contributed by atoms with Gasteiger partial charge < -0.3 is 9.13 Å². The highest BCUT2D eigenvalue weighted by Crippen LogP contribution is 2.62. The third kappa shape index (κ3) is 6.47. The summed E-state index contributed by atoms with van der Waals surface area (Å²) in [6.07, 6.45) is 5.95. The first-order chi connectivity index (χ1) is 34.1. The fraction of sp³-hybridized carbons (Fsp3) is 0.0746. The summed E-state index contributed by atoms with van der Waals surface area (Å²) in [7, 11) is 0. The second kappa shape index (κ2) is 15.8. The number of fused-ring (bicyclic) bond motifs is 7. The van der Waals surface area contributed by atoms with Gasteiger partial charge in [-0.25, -0.2) is 0 Å². The van der Waals surface area contributed by atoms with E-state index in [0.717, 1.165) is 12.8 Å². The molecule has 0 saturated heterocycles. The van der Waals surface area contributed by atoms with Crippen molar-refractivity contribution >= 4 is 43.6 Å². The van der Waals surface area contributed by atoms with E-state index < -0.39 is 0 Å². The Morgan fingerprint density at radius 3 is 1.26 bits per heavy atom. The molecule has 2 unspecified atom stereocenters. The van der Waals surface area contributed by atoms with Crippen molar-refractivity contribution in [2.24, 2.45) is 5.92 Å². The zero-order valence-electron chi connectivity index (χ0n) is 38.3. The van der Waals surface area contributed by atoms with Gasteiger partial charge in [-0.15, -0.1) is 0 Å². The molecule has 2 aliphatic carbocycles. The minimum Gasteiger partial charge on any atom is -0.309 e. The second-order valence-corrected chi connectivity index (χ2v) is 19.3. The molecular weight excluding hydrogens is 833 g/mol. The molecule has 14 rings (SSSR count). The van der Waals surface area contributed by atoms with Crippen LogP contribution in [0.3, 0.4) is 0 Å². The van der Waals surface area contributed by atoms with E-state index in [0.29, 0.717) is 5.92 Å². The Morgan fingerprint density at radius 2 is 0.768 bits per heavy atom. The molecule has 2 atom stereocenters. The third-order valence-corrected chi connectivity index (χ3v) is 15.6. The summed E-state index contributed by atoms with van der Waals surface area (Å²) in [6, 6.07) is 89.7. The predicted octanol–water partition coefficient (Wildman–Crippen LogP) is 17.4. The van der Waals surface area contributed by atoms with Gasteiger partial charge in [-0.2, -0.15) is 0 Å². The van der Waals surface area contributed by atoms with Gasteiger partial charge in [0.15, 0.2) is 0 Å². The van der Waals surface area contributed by atoms with Gasteiger partial charge >= 0.3 is 0 Å². The van der Waals surface area contributed by atoms with Gasteiger partial charge in [0.1, 0.15) is 0 Å². The van der Waals surface area contributed by atoms with Gasteiger partial charge in [0, 0.05) is 38.3 Å². The molecule has 0 N–H and O–H groups in total. The van der Waals surface area contributed by atoms with Crippen LogP contribution in [0.4, 0.5) is 0 Å². The molecule has 10 aromatic carbocycles. The quantitative estimate of drug-likeness (QED) is 0.128. The highest BCUT2D eigenvalue weighted by Gasteiger charge is 2.53. The third-order valence-electron chi connectivity index (χ3n) is 15.6. The molecule has 1 saturated carbocycles. The van der Waals surface area contributed by atoms with Crippen LogP contribution in [0.1, 0.15) is 24.0 Å². The molecule has 12 aromatic rings. The molecule has 2 aromatic heterocycles. The number of hydrogen-bond acceptors (Lipinski definition) is 0. The van der Waals surface area contributed by atoms with E-state index in [9.17, 15) is 0 Å². The largest absolute Gasteiger partial charge is 0.309 e. The molecule has 0 bridgehead atoms. The van der Waals surface area contributed by atoms with Crippen molar-refractivity contribution in [2.45, 2.75) is 24.7 Å². The van der Waals surface area contributed by atoms with Gasteiger partial charge in [-0.1, -0.05) is 206 Å². The van der Waals surface area contributed by atoms with Crippen molar-refractivity contribution in [1.82, 2.24) is 9.13 Å². The summed E-state index contributed by atoms with van der Waals surface area (Å²) in [5.74, 6) is 0.590. The van der Waals surface area contributed by atoms with Crippen molar-refractivity contribution in [3.05, 3.63) is 265 Å². The average molecular weight is 881 g/mol. The fourth-order valence-corrected chi connectivity index (χ4v) is 12.1. The predicted molar refractivity (Wildman–Crippen MR) is 289 cm³/mol. The maximum absolute atomic E-state index is 2.51. The number of rotatable bonds is 9. The van der Waals surface area contributed by atoms with Gasteiger partial charge in [-0.3, -0.25) is 0 Å². The number of hydrogen-bond donors (Lipinski definition) is 0. The molecule has 2 aliphatic rings. The van der Waals surface area contributed by atoms with Crippen molar-refractivity contribution in [2.75, 3.05) is 0 Å². The highest BCUT2D eigenvalue weighted by atomic mass is 15.0. The van der Waals surface area contributed by atoms with Crippen LogP contribution in [-0.2, 0) is 11.8 Å². The minimum absolute atomic E-state index is 0.192. The summed E-state index contributed by atoms with van der Waals surface area (Å²) in [5.41, 5.74) is 21.8. The smallest absolute Gasteiger partial charge is 0.0547 e. The van der Waals surface area contributed by atoms with E-state index >= 15 is 0 Å². The molecule has 326 valence electrons. The van der Waals surface area contributed by atoms with Crippen molar-refractivity contribution in [3.63, 3.8) is 0 Å². The van der Waals surface area contributed by atoms with Crippen molar-refractivity contribution < 1.29 is 0 Å². The maximum Gasteiger partial charge on any atom is 0.0547 e. The topological polar surface area (TPSA) is 9.86 Å². The first-order valence-electron chi connectivity index (χ1n) is 24.4. The van der Waals surface area contributed by atoms with E-state index in [1.54, 1.807) is 5.57 Å². The van der Waals surface area contributed by atoms with Crippen LogP contribution < -0.4 is 0 Å². The first-order valence-corrected chi connectivity index (χ1v) is 24.4. The Balaban J connectivity index is 0.707. The van der Waals surface area contributed by atoms with Gasteiger partial charge in [0.25, 0.3) is 0 Å². The highest BCUT2D eigenvalue weighted by molar-refractivity contribution is 6.11. The van der Waals surface area contributed by atoms with Crippen LogP contribution in [0.25, 0.3) is 99.5 Å². The summed E-state index contributed by atoms with van der Waals surface area (Å²) < 4.78 is 4.87. The van der Waals surface area contributed by atoms with E-state index in [-0.39, 0.29) is 5.41 Å². The van der Waals surface area contributed by atoms with Crippen molar-refractivity contribution in [1.29, 1.82) is 0 Å². The Kier molecular flexibility index (Phi) is 9.10. The molecule has 2 heterocycles. The maximum atomic E-state index is 2.51. The van der Waals surface area contributed by atoms with Crippen LogP contribution in [0.5, 0.6) is 0 Å². The number of nitrogens with zero attached hydrogens (tertiary/aromatic N) is 2. The lowest BCUT2D eigenvalue weighted by Gasteiger charge is -2.57. The lowest BCUT2D eigenvalue weighted by atomic mass is 9.46. The van der Waals surface area contributed by atoms with Crippen LogP contribution >= 0.6 is 0 Å². The van der Waals surface area contributed by atoms with E-state index in [1.165, 1.54) is 117 Å². The number of para-hydroxylation sites is 2. The Bertz CT molecular complexity index is 3960. The summed E-state index contributed by atoms with van der Waals surface area (Å²) in [4.78, 5) is 0. The molecule has 2 nitrogen and oxygen atoms in total. The van der Waals surface area contributed by atoms with Crippen LogP contribution in [0, 0.1) is 5.92 Å². The normalized spacial score (nSPS) is 16.3. The van der Waals surface area contributed by atoms with E-state index in [1.807, 2.05) is 0 Å². The number of aromatic nitrogens is 2. The zero-order valence-corrected chi connectivity index (χ0v) is 38.3. The summed E-state index contributed by atoms with van der Waals surface area (Å²) in [6.45, 7) is 0. The van der Waals surface area contributed by atoms with E-state index in [2.05, 4.69) is 258 Å². The van der Waals surface area contributed by atoms with Crippen LogP contribution in [-0.4, -0.2) is 9.13 Å². The molecule has 69 heavy (non-hydrogen) atoms. The van der Waals surface area contributed by atoms with Crippen LogP contribution in [0.15, 0.2) is 254 Å². The lowest BCUT2D eigenvalue weighted by Crippen LogP contribution is -2.50. The Hall–Kier alpha value is -8.46. The molecule has 0 amide bonds. The number of benzene rings is 10. The minimum atomic E-state index is 0.192. The summed E-state index contributed by atoms with van der Waals surface area (Å²) in [5, 5.41) is 5.10. The first kappa shape index (κ1) is 39.7. The van der Waals surface area contributed by atoms with Crippen LogP contribution in [0.2, 0.25) is 0 Å². The fourth-order valence-electron chi connectivity index (χ4n) is 12.1. The van der Waals surface area contributed by atoms with Gasteiger partial charge in [0.2, 0.25) is 0 Å². The average Bonchev–Trinajstić information content (AvgIpc) is 3.93. The monoisotopic (exact) mass is 880 g/mol. The van der Waals surface area contributed by atoms with Gasteiger partial charge in [0.05, 0.1) is 22.1 Å². The summed E-state index contributed by atoms with van der Waals surface area (Å²) >= 11 is 0. The van der Waals surface area contributed by atoms with Gasteiger partial charge in [-0.05, 0) is 129 Å². The SMILES string of the molecule is C1=C2C(Cc3ccc(-c4ccc5c6ccccc6n(-c6cccc(-c7ccccc7)c6)c5c4)cc3)CC2(c2ccc(-c3ccc4c5ccccc5n(-c5cccc(-c6ccccc6)c5)c4c3)cc2)C1. The molecule has 2 heteroatoms. The molecule has 0 spiro atoms. The molecular formula is C67H48N2. The zero-order chi connectivity index (χ0) is 45.5. The standard InChI is InChI=1S/C67H48N2/c1-3-13-46(14-4-1)50-17-11-19-56(40-50)68-63-23-9-7-21-58(63)60-35-31-52(42-65(60)68)48-27-25-45(26-28-48)39-54-44-67(38-37-62(54)67)55-33-29-49(30-34-55)53-32-36-61-59-22-8-10-24-64(59)69(66(61)43-53)57-20-12-18-51(41-57)47-15-5-2-6-16-47/h1-37,40-43,54H,38-39,44H2. The Morgan fingerprint density at radius 1 is 0.348 bits per heavy atom. The Labute approximate surface area is 402 Å². The van der Waals surface area contributed by atoms with E-state index in [4.69, 9.17) is 0 Å². The molecule has 0 radical (unpaired) electrons. The number of allylic oxidation sites excluding steroid dienone is 2. The van der Waals surface area contributed by atoms with Crippen molar-refractivity contribution in [3.8, 4) is 55.9 Å². The molecule has 1 fully saturated rings. The molecule has 0 aliphatic heterocycles. The second-order valence-electron chi connectivity index (χ2n) is 19.3. The lowest BCUT2D eigenvalue weighted by molar-refractivity contribution is 0.219.